The summed E-state index contributed by atoms with van der Waals surface area (Å²) in [5, 5.41) is 0. The highest BCUT2D eigenvalue weighted by Gasteiger charge is 2.09. The molecule has 2 heteroatoms. The first-order chi connectivity index (χ1) is 7.01. The quantitative estimate of drug-likeness (QED) is 0.706. The molecule has 0 radical (unpaired) electrons. The number of hydrogen-bond acceptors (Lipinski definition) is 2. The molecule has 0 fully saturated rings. The number of hydrogen-bond donors (Lipinski definition) is 0. The minimum Gasteiger partial charge on any atom is -0.494 e. The van der Waals surface area contributed by atoms with Crippen LogP contribution in [0.5, 0.6) is 5.75 Å². The van der Waals surface area contributed by atoms with Crippen molar-refractivity contribution in [3.8, 4) is 5.75 Å². The van der Waals surface area contributed by atoms with Gasteiger partial charge in [0.15, 0.2) is 0 Å². The largest absolute Gasteiger partial charge is 0.494 e. The molecule has 1 aromatic rings. The molecule has 0 unspecified atom stereocenters. The van der Waals surface area contributed by atoms with Crippen molar-refractivity contribution < 1.29 is 9.53 Å². The molecule has 15 heavy (non-hydrogen) atoms. The van der Waals surface area contributed by atoms with Gasteiger partial charge >= 0.3 is 0 Å². The van der Waals surface area contributed by atoms with Gasteiger partial charge in [-0.25, -0.2) is 0 Å². The Hall–Kier alpha value is -1.31. The fourth-order valence-corrected chi connectivity index (χ4v) is 1.15. The van der Waals surface area contributed by atoms with E-state index in [-0.39, 0.29) is 5.41 Å². The third-order valence-electron chi connectivity index (χ3n) is 2.11. The van der Waals surface area contributed by atoms with Crippen molar-refractivity contribution in [2.45, 2.75) is 27.2 Å². The molecule has 0 atom stereocenters. The van der Waals surface area contributed by atoms with Crippen molar-refractivity contribution in [1.29, 1.82) is 0 Å². The molecule has 0 amide bonds. The van der Waals surface area contributed by atoms with Gasteiger partial charge in [-0.2, -0.15) is 0 Å². The van der Waals surface area contributed by atoms with Crippen LogP contribution in [-0.2, 0) is 0 Å². The van der Waals surface area contributed by atoms with Gasteiger partial charge in [0.25, 0.3) is 0 Å². The summed E-state index contributed by atoms with van der Waals surface area (Å²) in [6.45, 7) is 7.22. The van der Waals surface area contributed by atoms with Crippen LogP contribution in [0.1, 0.15) is 37.6 Å². The molecule has 0 saturated heterocycles. The number of rotatable bonds is 4. The van der Waals surface area contributed by atoms with Crippen LogP contribution < -0.4 is 4.74 Å². The Labute approximate surface area is 91.3 Å². The van der Waals surface area contributed by atoms with Crippen LogP contribution in [-0.4, -0.2) is 12.9 Å². The topological polar surface area (TPSA) is 26.3 Å². The Morgan fingerprint density at radius 2 is 2.07 bits per heavy atom. The molecule has 1 rings (SSSR count). The molecular formula is C13H18O2. The molecule has 0 aliphatic rings. The van der Waals surface area contributed by atoms with Gasteiger partial charge in [0.05, 0.1) is 6.61 Å². The van der Waals surface area contributed by atoms with E-state index in [1.54, 1.807) is 12.1 Å². The molecule has 0 aromatic heterocycles. The average Bonchev–Trinajstić information content (AvgIpc) is 2.16. The van der Waals surface area contributed by atoms with E-state index >= 15 is 0 Å². The normalized spacial score (nSPS) is 11.1. The summed E-state index contributed by atoms with van der Waals surface area (Å²) < 4.78 is 5.57. The maximum absolute atomic E-state index is 10.5. The van der Waals surface area contributed by atoms with E-state index in [1.165, 1.54) is 0 Å². The van der Waals surface area contributed by atoms with Crippen LogP contribution in [0.25, 0.3) is 0 Å². The Bertz CT molecular complexity index is 324. The van der Waals surface area contributed by atoms with E-state index in [1.807, 2.05) is 12.1 Å². The second-order valence-electron chi connectivity index (χ2n) is 4.85. The molecule has 0 spiro atoms. The van der Waals surface area contributed by atoms with Crippen LogP contribution in [0.2, 0.25) is 0 Å². The van der Waals surface area contributed by atoms with Crippen LogP contribution in [0.15, 0.2) is 24.3 Å². The molecule has 1 aromatic carbocycles. The zero-order valence-electron chi connectivity index (χ0n) is 9.62. The SMILES string of the molecule is CC(C)(C)CCOc1cccc(C=O)c1. The number of benzene rings is 1. The molecule has 0 aliphatic carbocycles. The fourth-order valence-electron chi connectivity index (χ4n) is 1.15. The first-order valence-electron chi connectivity index (χ1n) is 5.19. The van der Waals surface area contributed by atoms with Gasteiger partial charge < -0.3 is 4.74 Å². The fraction of sp³-hybridized carbons (Fsp3) is 0.462. The second-order valence-corrected chi connectivity index (χ2v) is 4.85. The number of aldehydes is 1. The Kier molecular flexibility index (Phi) is 3.89. The van der Waals surface area contributed by atoms with Crippen molar-refractivity contribution in [2.24, 2.45) is 5.41 Å². The van der Waals surface area contributed by atoms with Gasteiger partial charge in [0.1, 0.15) is 12.0 Å². The summed E-state index contributed by atoms with van der Waals surface area (Å²) in [6, 6.07) is 7.23. The predicted octanol–water partition coefficient (Wildman–Crippen LogP) is 3.31. The smallest absolute Gasteiger partial charge is 0.150 e. The van der Waals surface area contributed by atoms with E-state index < -0.39 is 0 Å². The summed E-state index contributed by atoms with van der Waals surface area (Å²) in [4.78, 5) is 10.5. The Morgan fingerprint density at radius 3 is 2.67 bits per heavy atom. The first kappa shape index (κ1) is 11.8. The van der Waals surface area contributed by atoms with Gasteiger partial charge in [-0.05, 0) is 24.0 Å². The highest BCUT2D eigenvalue weighted by molar-refractivity contribution is 5.75. The van der Waals surface area contributed by atoms with Gasteiger partial charge in [-0.1, -0.05) is 32.9 Å². The lowest BCUT2D eigenvalue weighted by atomic mass is 9.93. The Balaban J connectivity index is 2.47. The minimum absolute atomic E-state index is 0.280. The standard InChI is InChI=1S/C13H18O2/c1-13(2,3)7-8-15-12-6-4-5-11(9-12)10-14/h4-6,9-10H,7-8H2,1-3H3. The molecule has 2 nitrogen and oxygen atoms in total. The second kappa shape index (κ2) is 4.96. The lowest BCUT2D eigenvalue weighted by Gasteiger charge is -2.18. The summed E-state index contributed by atoms with van der Waals surface area (Å²) in [7, 11) is 0. The average molecular weight is 206 g/mol. The summed E-state index contributed by atoms with van der Waals surface area (Å²) in [5.41, 5.74) is 0.936. The summed E-state index contributed by atoms with van der Waals surface area (Å²) in [6.07, 6.45) is 1.83. The van der Waals surface area contributed by atoms with Gasteiger partial charge in [-0.3, -0.25) is 4.79 Å². The maximum Gasteiger partial charge on any atom is 0.150 e. The molecule has 0 N–H and O–H groups in total. The lowest BCUT2D eigenvalue weighted by Crippen LogP contribution is -2.11. The van der Waals surface area contributed by atoms with Crippen molar-refractivity contribution >= 4 is 6.29 Å². The first-order valence-corrected chi connectivity index (χ1v) is 5.19. The van der Waals surface area contributed by atoms with Gasteiger partial charge in [0, 0.05) is 5.56 Å². The Morgan fingerprint density at radius 1 is 1.33 bits per heavy atom. The van der Waals surface area contributed by atoms with E-state index in [0.29, 0.717) is 12.2 Å². The third-order valence-corrected chi connectivity index (χ3v) is 2.11. The van der Waals surface area contributed by atoms with Crippen LogP contribution in [0.3, 0.4) is 0 Å². The monoisotopic (exact) mass is 206 g/mol. The molecule has 0 heterocycles. The van der Waals surface area contributed by atoms with Gasteiger partial charge in [-0.15, -0.1) is 0 Å². The van der Waals surface area contributed by atoms with E-state index in [2.05, 4.69) is 20.8 Å². The predicted molar refractivity (Wildman–Crippen MR) is 61.4 cm³/mol. The third kappa shape index (κ3) is 4.63. The van der Waals surface area contributed by atoms with E-state index in [0.717, 1.165) is 18.5 Å². The van der Waals surface area contributed by atoms with Gasteiger partial charge in [0.2, 0.25) is 0 Å². The summed E-state index contributed by atoms with van der Waals surface area (Å²) in [5.74, 6) is 0.767. The maximum atomic E-state index is 10.5. The van der Waals surface area contributed by atoms with Crippen LogP contribution >= 0.6 is 0 Å². The summed E-state index contributed by atoms with van der Waals surface area (Å²) >= 11 is 0. The highest BCUT2D eigenvalue weighted by atomic mass is 16.5. The molecular weight excluding hydrogens is 188 g/mol. The van der Waals surface area contributed by atoms with Crippen molar-refractivity contribution in [2.75, 3.05) is 6.61 Å². The zero-order valence-corrected chi connectivity index (χ0v) is 9.62. The highest BCUT2D eigenvalue weighted by Crippen LogP contribution is 2.19. The zero-order chi connectivity index (χ0) is 11.3. The molecule has 0 saturated carbocycles. The van der Waals surface area contributed by atoms with Crippen LogP contribution in [0, 0.1) is 5.41 Å². The molecule has 0 bridgehead atoms. The van der Waals surface area contributed by atoms with Crippen LogP contribution in [0.4, 0.5) is 0 Å². The minimum atomic E-state index is 0.280. The van der Waals surface area contributed by atoms with Crippen molar-refractivity contribution in [1.82, 2.24) is 0 Å². The molecule has 0 aliphatic heterocycles. The lowest BCUT2D eigenvalue weighted by molar-refractivity contribution is 0.112. The van der Waals surface area contributed by atoms with E-state index in [4.69, 9.17) is 4.74 Å². The number of carbonyl (C=O) groups is 1. The van der Waals surface area contributed by atoms with E-state index in [9.17, 15) is 4.79 Å². The number of ether oxygens (including phenoxy) is 1. The van der Waals surface area contributed by atoms with Crippen molar-refractivity contribution in [3.05, 3.63) is 29.8 Å². The van der Waals surface area contributed by atoms with Crippen molar-refractivity contribution in [3.63, 3.8) is 0 Å². The molecule has 82 valence electrons. The number of carbonyl (C=O) groups excluding carboxylic acids is 1.